The number of ether oxygens (including phenoxy) is 2. The minimum absolute atomic E-state index is 0.0136. The SMILES string of the molecule is CCCCC(CC)CC(OO)c1cc(C(=O)C(F)(F)OC(F)(F)C(F)(F)OC(F)(F)C(F)(F)S(=O)(=O)O)cc(C(CC(CC)CCCC)OO)c1. The first-order valence-electron chi connectivity index (χ1n) is 15.9. The highest BCUT2D eigenvalue weighted by Gasteiger charge is 2.76. The Morgan fingerprint density at radius 1 is 0.686 bits per heavy atom. The summed E-state index contributed by atoms with van der Waals surface area (Å²) >= 11 is 0. The first kappa shape index (κ1) is 46.9. The van der Waals surface area contributed by atoms with Crippen molar-refractivity contribution >= 4 is 15.9 Å². The summed E-state index contributed by atoms with van der Waals surface area (Å²) in [6.45, 7) is 7.41. The molecule has 0 bridgehead atoms. The molecular formula is C30H42F10O10S. The molecule has 0 saturated carbocycles. The minimum Gasteiger partial charge on any atom is -0.284 e. The normalized spacial score (nSPS) is 16.2. The third-order valence-corrected chi connectivity index (χ3v) is 9.08. The molecule has 0 saturated heterocycles. The van der Waals surface area contributed by atoms with Crippen molar-refractivity contribution in [3.63, 3.8) is 0 Å². The quantitative estimate of drug-likeness (QED) is 0.0288. The number of carbonyl (C=O) groups is 1. The Bertz CT molecular complexity index is 1320. The van der Waals surface area contributed by atoms with Crippen molar-refractivity contribution in [1.29, 1.82) is 0 Å². The van der Waals surface area contributed by atoms with Crippen LogP contribution in [0.2, 0.25) is 0 Å². The van der Waals surface area contributed by atoms with E-state index in [2.05, 4.69) is 14.5 Å². The zero-order valence-electron chi connectivity index (χ0n) is 28.0. The fraction of sp³-hybridized carbons (Fsp3) is 0.767. The van der Waals surface area contributed by atoms with Gasteiger partial charge < -0.3 is 0 Å². The second-order valence-electron chi connectivity index (χ2n) is 12.0. The minimum atomic E-state index is -7.30. The summed E-state index contributed by atoms with van der Waals surface area (Å²) in [7, 11) is -7.30. The lowest BCUT2D eigenvalue weighted by Crippen LogP contribution is -2.58. The molecule has 0 aliphatic carbocycles. The van der Waals surface area contributed by atoms with Gasteiger partial charge in [0.05, 0.1) is 0 Å². The third kappa shape index (κ3) is 12.2. The van der Waals surface area contributed by atoms with Gasteiger partial charge in [0.1, 0.15) is 12.2 Å². The van der Waals surface area contributed by atoms with Gasteiger partial charge in [-0.15, -0.1) is 0 Å². The Morgan fingerprint density at radius 2 is 1.08 bits per heavy atom. The van der Waals surface area contributed by atoms with Crippen molar-refractivity contribution in [2.75, 3.05) is 0 Å². The number of hydrogen-bond acceptors (Lipinski definition) is 9. The maximum absolute atomic E-state index is 14.9. The molecule has 1 aromatic rings. The van der Waals surface area contributed by atoms with Gasteiger partial charge in [0.2, 0.25) is 0 Å². The molecule has 1 aromatic carbocycles. The zero-order valence-corrected chi connectivity index (χ0v) is 28.8. The number of unbranched alkanes of at least 4 members (excludes halogenated alkanes) is 2. The summed E-state index contributed by atoms with van der Waals surface area (Å²) < 4.78 is 174. The van der Waals surface area contributed by atoms with E-state index in [0.29, 0.717) is 37.8 Å². The van der Waals surface area contributed by atoms with Crippen LogP contribution < -0.4 is 0 Å². The van der Waals surface area contributed by atoms with Crippen LogP contribution in [0, 0.1) is 11.8 Å². The molecule has 0 amide bonds. The van der Waals surface area contributed by atoms with Crippen molar-refractivity contribution in [3.8, 4) is 0 Å². The average molecular weight is 785 g/mol. The predicted octanol–water partition coefficient (Wildman–Crippen LogP) is 10.0. The van der Waals surface area contributed by atoms with Crippen LogP contribution in [0.4, 0.5) is 43.9 Å². The van der Waals surface area contributed by atoms with Crippen LogP contribution in [-0.2, 0) is 29.4 Å². The molecule has 298 valence electrons. The molecule has 0 aromatic heterocycles. The second kappa shape index (κ2) is 18.8. The fourth-order valence-corrected chi connectivity index (χ4v) is 5.43. The van der Waals surface area contributed by atoms with Crippen molar-refractivity contribution in [3.05, 3.63) is 34.9 Å². The van der Waals surface area contributed by atoms with Gasteiger partial charge in [-0.1, -0.05) is 85.1 Å². The molecule has 10 nitrogen and oxygen atoms in total. The number of ketones is 1. The molecule has 0 heterocycles. The van der Waals surface area contributed by atoms with Crippen LogP contribution in [0.1, 0.15) is 126 Å². The standard InChI is InChI=1S/C30H42F10O10S/c1-5-9-11-18(7-3)13-23(47-42)20-15-21(24(48-43)14-19(8-4)12-10-6-2)17-22(16-20)25(41)26(31,32)49-27(33,34)28(35,36)50-29(37,38)30(39,40)51(44,45)46/h15-19,23-24,42-43H,5-14H2,1-4H3,(H,44,45,46). The van der Waals surface area contributed by atoms with Gasteiger partial charge in [0.25, 0.3) is 5.78 Å². The van der Waals surface area contributed by atoms with E-state index >= 15 is 0 Å². The van der Waals surface area contributed by atoms with Crippen LogP contribution in [0.15, 0.2) is 18.2 Å². The smallest absolute Gasteiger partial charge is 0.284 e. The van der Waals surface area contributed by atoms with Crippen LogP contribution in [0.5, 0.6) is 0 Å². The lowest BCUT2D eigenvalue weighted by atomic mass is 9.86. The summed E-state index contributed by atoms with van der Waals surface area (Å²) in [6, 6.07) is 2.37. The van der Waals surface area contributed by atoms with Crippen LogP contribution >= 0.6 is 0 Å². The molecule has 21 heteroatoms. The Kier molecular flexibility index (Phi) is 17.2. The van der Waals surface area contributed by atoms with E-state index in [-0.39, 0.29) is 35.8 Å². The highest BCUT2D eigenvalue weighted by Crippen LogP contribution is 2.49. The van der Waals surface area contributed by atoms with Crippen molar-refractivity contribution in [2.45, 2.75) is 134 Å². The number of carbonyl (C=O) groups excluding carboxylic acids is 1. The first-order chi connectivity index (χ1) is 23.3. The van der Waals surface area contributed by atoms with E-state index in [1.54, 1.807) is 13.8 Å². The number of benzene rings is 1. The molecule has 0 spiro atoms. The lowest BCUT2D eigenvalue weighted by Gasteiger charge is -2.32. The van der Waals surface area contributed by atoms with E-state index in [4.69, 9.17) is 4.55 Å². The fourth-order valence-electron chi connectivity index (χ4n) is 5.09. The van der Waals surface area contributed by atoms with Gasteiger partial charge in [0, 0.05) is 5.56 Å². The van der Waals surface area contributed by atoms with Gasteiger partial charge >= 0.3 is 39.8 Å². The molecule has 0 aliphatic heterocycles. The lowest BCUT2D eigenvalue weighted by molar-refractivity contribution is -0.516. The van der Waals surface area contributed by atoms with Crippen LogP contribution in [-0.4, -0.2) is 59.0 Å². The molecule has 0 aliphatic rings. The Labute approximate surface area is 288 Å². The Hall–Kier alpha value is -2.14. The second-order valence-corrected chi connectivity index (χ2v) is 13.4. The first-order valence-corrected chi connectivity index (χ1v) is 17.3. The number of hydrogen-bond donors (Lipinski definition) is 3. The molecule has 51 heavy (non-hydrogen) atoms. The number of alkyl halides is 10. The molecule has 4 unspecified atom stereocenters. The van der Waals surface area contributed by atoms with E-state index < -0.39 is 63.4 Å². The number of Topliss-reactive ketones (excluding diaryl/α,β-unsaturated/α-hetero) is 1. The molecule has 0 radical (unpaired) electrons. The summed E-state index contributed by atoms with van der Waals surface area (Å²) in [6.07, 6.45) is -24.9. The maximum atomic E-state index is 14.9. The van der Waals surface area contributed by atoms with Gasteiger partial charge in [-0.2, -0.15) is 52.3 Å². The Morgan fingerprint density at radius 3 is 1.41 bits per heavy atom. The molecular weight excluding hydrogens is 742 g/mol. The van der Waals surface area contributed by atoms with Gasteiger partial charge in [-0.3, -0.25) is 19.9 Å². The summed E-state index contributed by atoms with van der Waals surface area (Å²) in [5.41, 5.74) is -1.79. The average Bonchev–Trinajstić information content (AvgIpc) is 3.02. The maximum Gasteiger partial charge on any atom is 0.460 e. The third-order valence-electron chi connectivity index (χ3n) is 8.20. The molecule has 4 atom stereocenters. The van der Waals surface area contributed by atoms with Crippen molar-refractivity contribution in [1.82, 2.24) is 0 Å². The van der Waals surface area contributed by atoms with Gasteiger partial charge in [0.15, 0.2) is 0 Å². The topological polar surface area (TPSA) is 149 Å². The van der Waals surface area contributed by atoms with Crippen molar-refractivity contribution in [2.24, 2.45) is 11.8 Å². The van der Waals surface area contributed by atoms with Crippen LogP contribution in [0.25, 0.3) is 0 Å². The highest BCUT2D eigenvalue weighted by molar-refractivity contribution is 7.86. The van der Waals surface area contributed by atoms with E-state index in [0.717, 1.165) is 25.7 Å². The number of halogens is 10. The molecule has 3 N–H and O–H groups in total. The van der Waals surface area contributed by atoms with E-state index in [9.17, 15) is 67.6 Å². The van der Waals surface area contributed by atoms with E-state index in [1.165, 1.54) is 6.07 Å². The van der Waals surface area contributed by atoms with E-state index in [1.807, 2.05) is 18.6 Å². The summed E-state index contributed by atoms with van der Waals surface area (Å²) in [5, 5.41) is 12.5. The van der Waals surface area contributed by atoms with Gasteiger partial charge in [-0.25, -0.2) is 19.2 Å². The number of rotatable bonds is 25. The summed E-state index contributed by atoms with van der Waals surface area (Å²) in [4.78, 5) is 22.0. The molecule has 1 rings (SSSR count). The largest absolute Gasteiger partial charge is 0.460 e. The van der Waals surface area contributed by atoms with Crippen LogP contribution in [0.3, 0.4) is 0 Å². The highest BCUT2D eigenvalue weighted by atomic mass is 32.2. The molecule has 0 fully saturated rings. The van der Waals surface area contributed by atoms with Crippen molar-refractivity contribution < 1.29 is 91.4 Å². The summed E-state index contributed by atoms with van der Waals surface area (Å²) in [5.74, 6) is -3.13. The zero-order chi connectivity index (χ0) is 39.6. The monoisotopic (exact) mass is 784 g/mol. The van der Waals surface area contributed by atoms with Gasteiger partial charge in [-0.05, 0) is 47.9 Å². The predicted molar refractivity (Wildman–Crippen MR) is 158 cm³/mol. The Balaban J connectivity index is 3.71.